The van der Waals surface area contributed by atoms with Crippen LogP contribution >= 0.6 is 0 Å². The Balaban J connectivity index is 1.99. The Morgan fingerprint density at radius 1 is 0.641 bits per heavy atom. The van der Waals surface area contributed by atoms with E-state index in [9.17, 15) is 9.59 Å². The molecule has 204 valence electrons. The molecule has 2 aliphatic rings. The van der Waals surface area contributed by atoms with Crippen LogP contribution in [0.1, 0.15) is 75.1 Å². The summed E-state index contributed by atoms with van der Waals surface area (Å²) in [6, 6.07) is 17.2. The first-order valence-corrected chi connectivity index (χ1v) is 15.0. The monoisotopic (exact) mass is 542 g/mol. The fourth-order valence-electron chi connectivity index (χ4n) is 6.93. The van der Waals surface area contributed by atoms with Crippen molar-refractivity contribution in [2.45, 2.75) is 64.9 Å². The van der Waals surface area contributed by atoms with Gasteiger partial charge in [0.25, 0.3) is 0 Å². The number of benzene rings is 2. The van der Waals surface area contributed by atoms with Gasteiger partial charge in [-0.25, -0.2) is 8.42 Å². The number of carbonyl (C=O) groups is 2. The molecule has 4 atom stereocenters. The van der Waals surface area contributed by atoms with E-state index in [2.05, 4.69) is 0 Å². The molecule has 4 rings (SSSR count). The molecule has 0 bridgehead atoms. The van der Waals surface area contributed by atoms with E-state index >= 15 is 8.42 Å². The van der Waals surface area contributed by atoms with Crippen molar-refractivity contribution in [1.82, 2.24) is 0 Å². The van der Waals surface area contributed by atoms with E-state index in [0.29, 0.717) is 24.0 Å². The van der Waals surface area contributed by atoms with Crippen LogP contribution in [0.5, 0.6) is 0 Å². The molecule has 0 radical (unpaired) electrons. The van der Waals surface area contributed by atoms with Gasteiger partial charge in [0.15, 0.2) is 21.4 Å². The molecule has 0 spiro atoms. The van der Waals surface area contributed by atoms with Gasteiger partial charge >= 0.3 is 0 Å². The van der Waals surface area contributed by atoms with Crippen molar-refractivity contribution < 1.29 is 18.0 Å². The number of Topliss-reactive ketones (excluding diaryl/α,β-unsaturated/α-hetero) is 2. The zero-order valence-electron chi connectivity index (χ0n) is 23.7. The first-order valence-electron chi connectivity index (χ1n) is 13.4. The van der Waals surface area contributed by atoms with E-state index in [1.165, 1.54) is 0 Å². The molecule has 0 aromatic heterocycles. The second-order valence-electron chi connectivity index (χ2n) is 11.9. The van der Waals surface area contributed by atoms with Gasteiger partial charge in [0.2, 0.25) is 0 Å². The van der Waals surface area contributed by atoms with Crippen LogP contribution in [-0.2, 0) is 9.84 Å². The van der Waals surface area contributed by atoms with Crippen LogP contribution in [0, 0.1) is 10.8 Å². The fraction of sp³-hybridized carbons (Fsp3) is 0.353. The molecule has 2 aromatic rings. The Kier molecular flexibility index (Phi) is 7.86. The summed E-state index contributed by atoms with van der Waals surface area (Å²) in [5.41, 5.74) is 2.42. The van der Waals surface area contributed by atoms with Crippen LogP contribution in [-0.4, -0.2) is 30.5 Å². The summed E-state index contributed by atoms with van der Waals surface area (Å²) in [6.45, 7) is 11.5. The van der Waals surface area contributed by atoms with Gasteiger partial charge in [0.1, 0.15) is 10.5 Å². The number of allylic oxidation sites excluding steroid dienone is 8. The number of hydrogen-bond donors (Lipinski definition) is 0. The predicted octanol–water partition coefficient (Wildman–Crippen LogP) is 7.51. The third kappa shape index (κ3) is 5.69. The van der Waals surface area contributed by atoms with Gasteiger partial charge in [-0.05, 0) is 40.5 Å². The molecule has 4 nitrogen and oxygen atoms in total. The van der Waals surface area contributed by atoms with Crippen LogP contribution < -0.4 is 0 Å². The first-order chi connectivity index (χ1) is 18.3. The van der Waals surface area contributed by atoms with Crippen molar-refractivity contribution in [3.05, 3.63) is 118 Å². The summed E-state index contributed by atoms with van der Waals surface area (Å²) in [5, 5.41) is -2.89. The van der Waals surface area contributed by atoms with Gasteiger partial charge in [0, 0.05) is 22.0 Å². The lowest BCUT2D eigenvalue weighted by Gasteiger charge is -2.43. The molecule has 0 saturated heterocycles. The second kappa shape index (κ2) is 10.7. The Morgan fingerprint density at radius 3 is 1.28 bits per heavy atom. The van der Waals surface area contributed by atoms with Crippen LogP contribution in [0.3, 0.4) is 0 Å². The lowest BCUT2D eigenvalue weighted by molar-refractivity contribution is 0.0936. The van der Waals surface area contributed by atoms with Gasteiger partial charge in [-0.2, -0.15) is 0 Å². The standard InChI is InChI=1S/C34H38O4S/c1-23-17-24(2)20-33(5,19-23)31(29(35)27-13-9-7-10-14-27)39(37,38)32(30(36)28-15-11-8-12-16-28)34(6)21-25(3)18-26(4)22-34/h7-19,21,31-32H,20,22H2,1-6H3. The van der Waals surface area contributed by atoms with E-state index in [0.717, 1.165) is 22.3 Å². The average Bonchev–Trinajstić information content (AvgIpc) is 2.82. The Labute approximate surface area is 233 Å². The van der Waals surface area contributed by atoms with Crippen molar-refractivity contribution in [3.63, 3.8) is 0 Å². The van der Waals surface area contributed by atoms with Gasteiger partial charge < -0.3 is 0 Å². The Hall–Kier alpha value is -3.31. The van der Waals surface area contributed by atoms with E-state index in [1.807, 2.05) is 65.8 Å². The number of carbonyl (C=O) groups excluding carboxylic acids is 2. The summed E-state index contributed by atoms with van der Waals surface area (Å²) in [6.07, 6.45) is 8.67. The Bertz CT molecular complexity index is 1400. The third-order valence-electron chi connectivity index (χ3n) is 7.83. The van der Waals surface area contributed by atoms with Gasteiger partial charge in [-0.15, -0.1) is 0 Å². The topological polar surface area (TPSA) is 68.3 Å². The molecule has 0 heterocycles. The highest BCUT2D eigenvalue weighted by atomic mass is 32.2. The molecule has 4 unspecified atom stereocenters. The van der Waals surface area contributed by atoms with Crippen LogP contribution in [0.15, 0.2) is 107 Å². The molecule has 39 heavy (non-hydrogen) atoms. The Morgan fingerprint density at radius 2 is 0.974 bits per heavy atom. The number of hydrogen-bond acceptors (Lipinski definition) is 4. The van der Waals surface area contributed by atoms with E-state index < -0.39 is 42.7 Å². The zero-order valence-corrected chi connectivity index (χ0v) is 24.5. The maximum atomic E-state index is 15.2. The molecule has 2 aromatic carbocycles. The first kappa shape index (κ1) is 28.7. The highest BCUT2D eigenvalue weighted by Crippen LogP contribution is 2.48. The van der Waals surface area contributed by atoms with Crippen LogP contribution in [0.2, 0.25) is 0 Å². The number of ketones is 2. The lowest BCUT2D eigenvalue weighted by Crippen LogP contribution is -2.55. The third-order valence-corrected chi connectivity index (χ3v) is 10.6. The zero-order chi connectivity index (χ0) is 28.6. The predicted molar refractivity (Wildman–Crippen MR) is 159 cm³/mol. The molecular weight excluding hydrogens is 504 g/mol. The maximum Gasteiger partial charge on any atom is 0.181 e. The van der Waals surface area contributed by atoms with Crippen molar-refractivity contribution in [2.75, 3.05) is 0 Å². The highest BCUT2D eigenvalue weighted by molar-refractivity contribution is 7.94. The molecule has 0 fully saturated rings. The molecule has 5 heteroatoms. The maximum absolute atomic E-state index is 15.2. The quantitative estimate of drug-likeness (QED) is 0.324. The lowest BCUT2D eigenvalue weighted by atomic mass is 9.73. The smallest absolute Gasteiger partial charge is 0.181 e. The summed E-state index contributed by atoms with van der Waals surface area (Å²) in [5.74, 6) is -0.954. The molecular formula is C34H38O4S. The van der Waals surface area contributed by atoms with E-state index in [4.69, 9.17) is 0 Å². The molecule has 0 N–H and O–H groups in total. The van der Waals surface area contributed by atoms with Crippen molar-refractivity contribution in [3.8, 4) is 0 Å². The van der Waals surface area contributed by atoms with Crippen LogP contribution in [0.25, 0.3) is 0 Å². The van der Waals surface area contributed by atoms with Gasteiger partial charge in [-0.3, -0.25) is 9.59 Å². The second-order valence-corrected chi connectivity index (χ2v) is 14.1. The highest BCUT2D eigenvalue weighted by Gasteiger charge is 2.56. The minimum absolute atomic E-state index is 0.327. The average molecular weight is 543 g/mol. The SMILES string of the molecule is CC1=CC(C)(C(C(=O)c2ccccc2)S(=O)(=O)C(C(=O)c2ccccc2)C2(C)C=C(C)C=C(C)C2)CC(C)=C1. The summed E-state index contributed by atoms with van der Waals surface area (Å²) >= 11 is 0. The minimum Gasteiger partial charge on any atom is -0.293 e. The van der Waals surface area contributed by atoms with Crippen molar-refractivity contribution >= 4 is 21.4 Å². The molecule has 0 aliphatic heterocycles. The summed E-state index contributed by atoms with van der Waals surface area (Å²) in [4.78, 5) is 28.6. The minimum atomic E-state index is -4.41. The van der Waals surface area contributed by atoms with Crippen LogP contribution in [0.4, 0.5) is 0 Å². The van der Waals surface area contributed by atoms with E-state index in [1.54, 1.807) is 60.7 Å². The number of rotatable bonds is 8. The summed E-state index contributed by atoms with van der Waals surface area (Å²) < 4.78 is 30.3. The molecule has 0 amide bonds. The van der Waals surface area contributed by atoms with Crippen molar-refractivity contribution in [1.29, 1.82) is 0 Å². The normalized spacial score (nSPS) is 25.0. The fourth-order valence-corrected chi connectivity index (χ4v) is 9.88. The summed E-state index contributed by atoms with van der Waals surface area (Å²) in [7, 11) is -4.41. The number of sulfone groups is 1. The molecule has 0 saturated carbocycles. The molecule has 2 aliphatic carbocycles. The van der Waals surface area contributed by atoms with Gasteiger partial charge in [0.05, 0.1) is 0 Å². The van der Waals surface area contributed by atoms with Crippen molar-refractivity contribution in [2.24, 2.45) is 10.8 Å². The largest absolute Gasteiger partial charge is 0.293 e. The van der Waals surface area contributed by atoms with Gasteiger partial charge in [-0.1, -0.05) is 121 Å². The van der Waals surface area contributed by atoms with E-state index in [-0.39, 0.29) is 0 Å².